The average Bonchev–Trinajstić information content (AvgIpc) is 3.04. The van der Waals surface area contributed by atoms with Gasteiger partial charge in [-0.2, -0.15) is 0 Å². The fraction of sp³-hybridized carbons (Fsp3) is 0.235. The number of amides is 1. The Kier molecular flexibility index (Phi) is 4.73. The molecule has 4 nitrogen and oxygen atoms in total. The molecule has 0 radical (unpaired) electrons. The zero-order valence-corrected chi connectivity index (χ0v) is 12.8. The Labute approximate surface area is 134 Å². The van der Waals surface area contributed by atoms with E-state index in [0.717, 1.165) is 11.1 Å². The molecule has 0 aliphatic carbocycles. The van der Waals surface area contributed by atoms with Crippen molar-refractivity contribution in [2.45, 2.75) is 12.6 Å². The van der Waals surface area contributed by atoms with Crippen molar-refractivity contribution < 1.29 is 4.79 Å². The minimum Gasteiger partial charge on any atom is -0.352 e. The summed E-state index contributed by atoms with van der Waals surface area (Å²) in [6, 6.07) is 17.5. The first-order valence-corrected chi connectivity index (χ1v) is 7.68. The van der Waals surface area contributed by atoms with Gasteiger partial charge in [0, 0.05) is 18.1 Å². The molecule has 2 aromatic carbocycles. The number of carbonyl (C=O) groups excluding carboxylic acids is 1. The van der Waals surface area contributed by atoms with E-state index in [2.05, 4.69) is 16.2 Å². The van der Waals surface area contributed by atoms with E-state index in [1.165, 1.54) is 0 Å². The van der Waals surface area contributed by atoms with Crippen LogP contribution in [0.2, 0.25) is 5.02 Å². The highest BCUT2D eigenvalue weighted by Gasteiger charge is 2.33. The Hall–Kier alpha value is -1.88. The molecule has 5 heteroatoms. The Balaban J connectivity index is 1.65. The van der Waals surface area contributed by atoms with Crippen LogP contribution in [-0.4, -0.2) is 12.5 Å². The lowest BCUT2D eigenvalue weighted by molar-refractivity contribution is -0.125. The van der Waals surface area contributed by atoms with E-state index in [1.807, 2.05) is 54.6 Å². The van der Waals surface area contributed by atoms with E-state index in [0.29, 0.717) is 18.1 Å². The minimum atomic E-state index is -0.148. The van der Waals surface area contributed by atoms with Crippen LogP contribution in [0.4, 0.5) is 0 Å². The van der Waals surface area contributed by atoms with Crippen LogP contribution in [0, 0.1) is 5.92 Å². The van der Waals surface area contributed by atoms with Crippen molar-refractivity contribution in [1.29, 1.82) is 0 Å². The third-order valence-electron chi connectivity index (χ3n) is 3.89. The maximum Gasteiger partial charge on any atom is 0.226 e. The van der Waals surface area contributed by atoms with E-state index in [1.54, 1.807) is 0 Å². The van der Waals surface area contributed by atoms with Gasteiger partial charge in [-0.15, -0.1) is 0 Å². The molecule has 3 rings (SSSR count). The van der Waals surface area contributed by atoms with Crippen molar-refractivity contribution in [3.8, 4) is 0 Å². The number of benzene rings is 2. The van der Waals surface area contributed by atoms with Gasteiger partial charge in [-0.1, -0.05) is 60.1 Å². The van der Waals surface area contributed by atoms with Crippen LogP contribution < -0.4 is 16.2 Å². The number of hydrogen-bond acceptors (Lipinski definition) is 3. The van der Waals surface area contributed by atoms with E-state index < -0.39 is 0 Å². The smallest absolute Gasteiger partial charge is 0.226 e. The van der Waals surface area contributed by atoms with E-state index in [-0.39, 0.29) is 17.9 Å². The number of nitrogens with one attached hydrogen (secondary N) is 3. The number of hydrazine groups is 1. The van der Waals surface area contributed by atoms with Crippen molar-refractivity contribution in [2.75, 3.05) is 6.54 Å². The monoisotopic (exact) mass is 315 g/mol. The van der Waals surface area contributed by atoms with Crippen LogP contribution in [0.5, 0.6) is 0 Å². The topological polar surface area (TPSA) is 53.2 Å². The largest absolute Gasteiger partial charge is 0.352 e. The van der Waals surface area contributed by atoms with Gasteiger partial charge in [0.1, 0.15) is 0 Å². The van der Waals surface area contributed by atoms with Crippen LogP contribution >= 0.6 is 11.6 Å². The van der Waals surface area contributed by atoms with Gasteiger partial charge in [-0.3, -0.25) is 10.2 Å². The summed E-state index contributed by atoms with van der Waals surface area (Å²) in [6.45, 7) is 1.05. The first-order valence-electron chi connectivity index (χ1n) is 7.30. The van der Waals surface area contributed by atoms with Crippen molar-refractivity contribution in [3.05, 3.63) is 70.7 Å². The molecular weight excluding hydrogens is 298 g/mol. The predicted molar refractivity (Wildman–Crippen MR) is 87.1 cm³/mol. The lowest BCUT2D eigenvalue weighted by Gasteiger charge is -2.18. The summed E-state index contributed by atoms with van der Waals surface area (Å²) in [7, 11) is 0. The zero-order chi connectivity index (χ0) is 15.4. The Morgan fingerprint density at radius 1 is 1.14 bits per heavy atom. The average molecular weight is 316 g/mol. The van der Waals surface area contributed by atoms with Gasteiger partial charge in [0.05, 0.1) is 12.0 Å². The third-order valence-corrected chi connectivity index (χ3v) is 4.26. The zero-order valence-electron chi connectivity index (χ0n) is 12.1. The van der Waals surface area contributed by atoms with Crippen molar-refractivity contribution in [3.63, 3.8) is 0 Å². The SMILES string of the molecule is O=C(NCc1ccccc1Cl)C1CNNC1c1ccccc1. The highest BCUT2D eigenvalue weighted by molar-refractivity contribution is 6.31. The summed E-state index contributed by atoms with van der Waals surface area (Å²) >= 11 is 6.12. The van der Waals surface area contributed by atoms with Crippen molar-refractivity contribution in [1.82, 2.24) is 16.2 Å². The van der Waals surface area contributed by atoms with Gasteiger partial charge >= 0.3 is 0 Å². The molecule has 0 saturated carbocycles. The maximum absolute atomic E-state index is 12.5. The molecule has 114 valence electrons. The highest BCUT2D eigenvalue weighted by atomic mass is 35.5. The third kappa shape index (κ3) is 3.30. The van der Waals surface area contributed by atoms with Crippen LogP contribution in [0.3, 0.4) is 0 Å². The molecule has 0 aromatic heterocycles. The molecule has 0 bridgehead atoms. The van der Waals surface area contributed by atoms with Crippen LogP contribution in [0.25, 0.3) is 0 Å². The molecule has 2 atom stereocenters. The highest BCUT2D eigenvalue weighted by Crippen LogP contribution is 2.25. The quantitative estimate of drug-likeness (QED) is 0.812. The fourth-order valence-electron chi connectivity index (χ4n) is 2.67. The van der Waals surface area contributed by atoms with Crippen LogP contribution in [0.1, 0.15) is 17.2 Å². The van der Waals surface area contributed by atoms with Gasteiger partial charge in [0.15, 0.2) is 0 Å². The molecular formula is C17H18ClN3O. The second-order valence-electron chi connectivity index (χ2n) is 5.33. The minimum absolute atomic E-state index is 0.0197. The van der Waals surface area contributed by atoms with Crippen molar-refractivity contribution in [2.24, 2.45) is 5.92 Å². The summed E-state index contributed by atoms with van der Waals surface area (Å²) in [5.41, 5.74) is 8.28. The second-order valence-corrected chi connectivity index (χ2v) is 5.74. The molecule has 1 heterocycles. The van der Waals surface area contributed by atoms with Crippen molar-refractivity contribution >= 4 is 17.5 Å². The van der Waals surface area contributed by atoms with Gasteiger partial charge < -0.3 is 5.32 Å². The molecule has 1 fully saturated rings. The lowest BCUT2D eigenvalue weighted by Crippen LogP contribution is -2.34. The number of carbonyl (C=O) groups is 1. The summed E-state index contributed by atoms with van der Waals surface area (Å²) < 4.78 is 0. The van der Waals surface area contributed by atoms with Gasteiger partial charge in [0.25, 0.3) is 0 Å². The first kappa shape index (κ1) is 15.0. The number of rotatable bonds is 4. The number of hydrogen-bond donors (Lipinski definition) is 3. The normalized spacial score (nSPS) is 20.8. The molecule has 1 aliphatic rings. The van der Waals surface area contributed by atoms with Gasteiger partial charge in [-0.05, 0) is 17.2 Å². The van der Waals surface area contributed by atoms with E-state index in [9.17, 15) is 4.79 Å². The molecule has 2 unspecified atom stereocenters. The molecule has 22 heavy (non-hydrogen) atoms. The molecule has 1 saturated heterocycles. The summed E-state index contributed by atoms with van der Waals surface area (Å²) in [5.74, 6) is -0.129. The van der Waals surface area contributed by atoms with E-state index >= 15 is 0 Å². The van der Waals surface area contributed by atoms with Gasteiger partial charge in [-0.25, -0.2) is 5.43 Å². The van der Waals surface area contributed by atoms with Gasteiger partial charge in [0.2, 0.25) is 5.91 Å². The maximum atomic E-state index is 12.5. The molecule has 1 amide bonds. The Morgan fingerprint density at radius 2 is 1.86 bits per heavy atom. The van der Waals surface area contributed by atoms with Crippen LogP contribution in [-0.2, 0) is 11.3 Å². The Bertz CT molecular complexity index is 647. The lowest BCUT2D eigenvalue weighted by atomic mass is 9.94. The molecule has 3 N–H and O–H groups in total. The van der Waals surface area contributed by atoms with E-state index in [4.69, 9.17) is 11.6 Å². The second kappa shape index (κ2) is 6.92. The molecule has 0 spiro atoms. The fourth-order valence-corrected chi connectivity index (χ4v) is 2.88. The number of halogens is 1. The summed E-state index contributed by atoms with van der Waals surface area (Å²) in [5, 5.41) is 3.65. The van der Waals surface area contributed by atoms with Crippen LogP contribution in [0.15, 0.2) is 54.6 Å². The summed E-state index contributed by atoms with van der Waals surface area (Å²) in [4.78, 5) is 12.5. The Morgan fingerprint density at radius 3 is 2.64 bits per heavy atom. The first-order chi connectivity index (χ1) is 10.8. The summed E-state index contributed by atoms with van der Waals surface area (Å²) in [6.07, 6.45) is 0. The standard InChI is InChI=1S/C17H18ClN3O/c18-15-9-5-4-8-13(15)10-19-17(22)14-11-20-21-16(14)12-6-2-1-3-7-12/h1-9,14,16,20-21H,10-11H2,(H,19,22). The molecule has 2 aromatic rings. The predicted octanol–water partition coefficient (Wildman–Crippen LogP) is 2.42. The molecule has 1 aliphatic heterocycles.